The minimum Gasteiger partial charge on any atom is -0.434 e. The Morgan fingerprint density at radius 1 is 0.800 bits per heavy atom. The average molecular weight is 417 g/mol. The van der Waals surface area contributed by atoms with Gasteiger partial charge in [0.2, 0.25) is 0 Å². The summed E-state index contributed by atoms with van der Waals surface area (Å²) in [5.74, 6) is 1.61. The van der Waals surface area contributed by atoms with Gasteiger partial charge in [-0.25, -0.2) is 9.59 Å². The van der Waals surface area contributed by atoms with E-state index in [1.165, 1.54) is 0 Å². The van der Waals surface area contributed by atoms with Gasteiger partial charge in [0.1, 0.15) is 11.5 Å². The molecule has 0 N–H and O–H groups in total. The van der Waals surface area contributed by atoms with Crippen LogP contribution in [0.1, 0.15) is 51.7 Å². The molecule has 2 aromatic carbocycles. The van der Waals surface area contributed by atoms with Crippen molar-refractivity contribution in [2.75, 3.05) is 13.2 Å². The van der Waals surface area contributed by atoms with Crippen LogP contribution in [-0.4, -0.2) is 25.5 Å². The Morgan fingerprint density at radius 2 is 1.37 bits per heavy atom. The molecule has 0 saturated carbocycles. The van der Waals surface area contributed by atoms with E-state index in [4.69, 9.17) is 18.9 Å². The molecule has 0 aliphatic heterocycles. The van der Waals surface area contributed by atoms with Crippen molar-refractivity contribution in [1.29, 1.82) is 0 Å². The van der Waals surface area contributed by atoms with E-state index >= 15 is 0 Å². The lowest BCUT2D eigenvalue weighted by molar-refractivity contribution is 0.0931. The molecule has 2 rings (SSSR count). The second-order valence-electron chi connectivity index (χ2n) is 8.34. The number of carbonyl (C=O) groups is 2. The Kier molecular flexibility index (Phi) is 8.51. The molecule has 164 valence electrons. The molecule has 0 spiro atoms. The number of benzene rings is 2. The van der Waals surface area contributed by atoms with Gasteiger partial charge in [-0.3, -0.25) is 0 Å². The van der Waals surface area contributed by atoms with Gasteiger partial charge in [0.25, 0.3) is 0 Å². The van der Waals surface area contributed by atoms with Crippen molar-refractivity contribution in [1.82, 2.24) is 0 Å². The molecule has 0 aromatic heterocycles. The van der Waals surface area contributed by atoms with Gasteiger partial charge < -0.3 is 18.9 Å². The van der Waals surface area contributed by atoms with Crippen molar-refractivity contribution in [3.8, 4) is 11.5 Å². The molecule has 6 nitrogen and oxygen atoms in total. The summed E-state index contributed by atoms with van der Waals surface area (Å²) in [7, 11) is 0. The third-order valence-electron chi connectivity index (χ3n) is 4.60. The normalized spacial score (nSPS) is 11.1. The maximum absolute atomic E-state index is 12.2. The Labute approximate surface area is 178 Å². The molecule has 30 heavy (non-hydrogen) atoms. The van der Waals surface area contributed by atoms with E-state index < -0.39 is 12.3 Å². The minimum atomic E-state index is -0.751. The summed E-state index contributed by atoms with van der Waals surface area (Å²) in [5.41, 5.74) is 1.63. The quantitative estimate of drug-likeness (QED) is 0.357. The summed E-state index contributed by atoms with van der Waals surface area (Å²) in [5, 5.41) is 1.32. The molecule has 0 bridgehead atoms. The van der Waals surface area contributed by atoms with E-state index in [1.54, 1.807) is 13.0 Å². The van der Waals surface area contributed by atoms with Crippen molar-refractivity contribution < 1.29 is 28.5 Å². The zero-order valence-electron chi connectivity index (χ0n) is 18.7. The second-order valence-corrected chi connectivity index (χ2v) is 8.34. The van der Waals surface area contributed by atoms with Gasteiger partial charge in [-0.05, 0) is 56.2 Å². The minimum absolute atomic E-state index is 0.302. The standard InChI is InChI=1S/C24H32O6/c1-15(2)9-11-27-23(25)29-21-14-18(6)22(20-13-17(5)7-8-19(20)21)30-24(26)28-12-10-16(3)4/h7-8,13-16H,9-12H2,1-6H3. The average Bonchev–Trinajstić information content (AvgIpc) is 2.64. The lowest BCUT2D eigenvalue weighted by Gasteiger charge is -2.15. The van der Waals surface area contributed by atoms with Crippen molar-refractivity contribution >= 4 is 23.1 Å². The van der Waals surface area contributed by atoms with Crippen molar-refractivity contribution in [2.24, 2.45) is 11.8 Å². The van der Waals surface area contributed by atoms with Crippen LogP contribution in [0.15, 0.2) is 24.3 Å². The molecule has 0 aliphatic carbocycles. The monoisotopic (exact) mass is 416 g/mol. The van der Waals surface area contributed by atoms with Crippen LogP contribution in [0.4, 0.5) is 9.59 Å². The molecule has 0 atom stereocenters. The highest BCUT2D eigenvalue weighted by molar-refractivity contribution is 5.97. The fourth-order valence-corrected chi connectivity index (χ4v) is 2.82. The molecular formula is C24H32O6. The SMILES string of the molecule is Cc1ccc2c(OC(=O)OCCC(C)C)cc(C)c(OC(=O)OCCC(C)C)c2c1. The fourth-order valence-electron chi connectivity index (χ4n) is 2.82. The largest absolute Gasteiger partial charge is 0.513 e. The first-order chi connectivity index (χ1) is 14.2. The van der Waals surface area contributed by atoms with Gasteiger partial charge in [-0.15, -0.1) is 0 Å². The zero-order chi connectivity index (χ0) is 22.3. The van der Waals surface area contributed by atoms with E-state index in [1.807, 2.05) is 25.1 Å². The van der Waals surface area contributed by atoms with Gasteiger partial charge >= 0.3 is 12.3 Å². The molecule has 0 unspecified atom stereocenters. The molecule has 0 saturated heterocycles. The number of aryl methyl sites for hydroxylation is 2. The number of ether oxygens (including phenoxy) is 4. The third kappa shape index (κ3) is 6.94. The highest BCUT2D eigenvalue weighted by Crippen LogP contribution is 2.37. The van der Waals surface area contributed by atoms with E-state index in [0.29, 0.717) is 52.9 Å². The third-order valence-corrected chi connectivity index (χ3v) is 4.60. The molecule has 0 heterocycles. The van der Waals surface area contributed by atoms with Crippen LogP contribution in [0.25, 0.3) is 10.8 Å². The smallest absolute Gasteiger partial charge is 0.434 e. The van der Waals surface area contributed by atoms with E-state index in [2.05, 4.69) is 27.7 Å². The molecular weight excluding hydrogens is 384 g/mol. The van der Waals surface area contributed by atoms with Crippen molar-refractivity contribution in [3.05, 3.63) is 35.4 Å². The van der Waals surface area contributed by atoms with Crippen LogP contribution in [0.5, 0.6) is 11.5 Å². The van der Waals surface area contributed by atoms with Gasteiger partial charge in [-0.1, -0.05) is 45.4 Å². The van der Waals surface area contributed by atoms with Crippen molar-refractivity contribution in [2.45, 2.75) is 54.4 Å². The van der Waals surface area contributed by atoms with E-state index in [0.717, 1.165) is 18.4 Å². The Morgan fingerprint density at radius 3 is 1.93 bits per heavy atom. The van der Waals surface area contributed by atoms with E-state index in [9.17, 15) is 9.59 Å². The maximum atomic E-state index is 12.2. The number of rotatable bonds is 8. The van der Waals surface area contributed by atoms with Crippen LogP contribution in [0.2, 0.25) is 0 Å². The summed E-state index contributed by atoms with van der Waals surface area (Å²) in [6.07, 6.45) is 0.0290. The predicted molar refractivity (Wildman–Crippen MR) is 116 cm³/mol. The number of carbonyl (C=O) groups excluding carboxylic acids is 2. The molecule has 2 aromatic rings. The molecule has 6 heteroatoms. The number of hydrogen-bond acceptors (Lipinski definition) is 6. The first-order valence-corrected chi connectivity index (χ1v) is 10.4. The topological polar surface area (TPSA) is 71.1 Å². The van der Waals surface area contributed by atoms with Crippen LogP contribution in [-0.2, 0) is 9.47 Å². The van der Waals surface area contributed by atoms with Gasteiger partial charge in [-0.2, -0.15) is 0 Å². The highest BCUT2D eigenvalue weighted by atomic mass is 16.7. The Balaban J connectivity index is 2.23. The summed E-state index contributed by atoms with van der Waals surface area (Å²) in [6, 6.07) is 7.28. The number of hydrogen-bond donors (Lipinski definition) is 0. The first-order valence-electron chi connectivity index (χ1n) is 10.4. The summed E-state index contributed by atoms with van der Waals surface area (Å²) in [6.45, 7) is 12.6. The molecule has 0 fully saturated rings. The molecule has 0 amide bonds. The van der Waals surface area contributed by atoms with Crippen LogP contribution in [0.3, 0.4) is 0 Å². The lowest BCUT2D eigenvalue weighted by Crippen LogP contribution is -2.14. The zero-order valence-corrected chi connectivity index (χ0v) is 18.7. The summed E-state index contributed by atoms with van der Waals surface area (Å²) in [4.78, 5) is 24.3. The van der Waals surface area contributed by atoms with Gasteiger partial charge in [0, 0.05) is 10.8 Å². The fraction of sp³-hybridized carbons (Fsp3) is 0.500. The molecule has 0 radical (unpaired) electrons. The Hall–Kier alpha value is -2.76. The number of fused-ring (bicyclic) bond motifs is 1. The van der Waals surface area contributed by atoms with Crippen molar-refractivity contribution in [3.63, 3.8) is 0 Å². The van der Waals surface area contributed by atoms with Crippen LogP contribution < -0.4 is 9.47 Å². The predicted octanol–water partition coefficient (Wildman–Crippen LogP) is 6.58. The van der Waals surface area contributed by atoms with Gasteiger partial charge in [0.05, 0.1) is 13.2 Å². The van der Waals surface area contributed by atoms with E-state index in [-0.39, 0.29) is 0 Å². The second kappa shape index (κ2) is 10.9. The van der Waals surface area contributed by atoms with Crippen LogP contribution in [0, 0.1) is 25.7 Å². The summed E-state index contributed by atoms with van der Waals surface area (Å²) >= 11 is 0. The van der Waals surface area contributed by atoms with Crippen LogP contribution >= 0.6 is 0 Å². The maximum Gasteiger partial charge on any atom is 0.513 e. The molecule has 0 aliphatic rings. The first kappa shape index (κ1) is 23.5. The van der Waals surface area contributed by atoms with Gasteiger partial charge in [0.15, 0.2) is 0 Å². The summed E-state index contributed by atoms with van der Waals surface area (Å²) < 4.78 is 21.3. The lowest BCUT2D eigenvalue weighted by atomic mass is 10.0. The Bertz CT molecular complexity index is 885. The highest BCUT2D eigenvalue weighted by Gasteiger charge is 2.18.